The van der Waals surface area contributed by atoms with E-state index in [9.17, 15) is 22.4 Å². The Morgan fingerprint density at radius 2 is 1.75 bits per heavy atom. The SMILES string of the molecule is CC[C@H](C(=O)NC(C)(C)C)N(Cc1ccc(F)cc1)C(=O)CN(c1cc(Cl)ccc1OC)S(C)(=O)=O. The Morgan fingerprint density at radius 3 is 2.25 bits per heavy atom. The van der Waals surface area contributed by atoms with Crippen LogP contribution in [-0.4, -0.2) is 56.6 Å². The zero-order valence-corrected chi connectivity index (χ0v) is 22.9. The number of benzene rings is 2. The van der Waals surface area contributed by atoms with Crippen LogP contribution in [0.1, 0.15) is 39.7 Å². The summed E-state index contributed by atoms with van der Waals surface area (Å²) in [6.07, 6.45) is 1.24. The van der Waals surface area contributed by atoms with Crippen molar-refractivity contribution in [2.75, 3.05) is 24.2 Å². The molecular formula is C25H33ClFN3O5S. The molecule has 11 heteroatoms. The number of halogens is 2. The van der Waals surface area contributed by atoms with Gasteiger partial charge < -0.3 is 15.0 Å². The number of nitrogens with zero attached hydrogens (tertiary/aromatic N) is 2. The molecule has 2 amide bonds. The van der Waals surface area contributed by atoms with Crippen molar-refractivity contribution in [3.05, 3.63) is 58.9 Å². The van der Waals surface area contributed by atoms with Crippen LogP contribution in [-0.2, 0) is 26.2 Å². The molecule has 1 N–H and O–H groups in total. The van der Waals surface area contributed by atoms with Crippen LogP contribution in [0.15, 0.2) is 42.5 Å². The van der Waals surface area contributed by atoms with Crippen LogP contribution in [0.5, 0.6) is 5.75 Å². The summed E-state index contributed by atoms with van der Waals surface area (Å²) in [5.41, 5.74) is 0.120. The topological polar surface area (TPSA) is 96.0 Å². The number of methoxy groups -OCH3 is 1. The molecule has 1 atom stereocenters. The van der Waals surface area contributed by atoms with Crippen molar-refractivity contribution in [1.29, 1.82) is 0 Å². The number of hydrogen-bond acceptors (Lipinski definition) is 5. The van der Waals surface area contributed by atoms with Gasteiger partial charge in [0, 0.05) is 17.1 Å². The van der Waals surface area contributed by atoms with E-state index in [1.54, 1.807) is 6.92 Å². The molecule has 0 aliphatic carbocycles. The highest BCUT2D eigenvalue weighted by Gasteiger charge is 2.33. The summed E-state index contributed by atoms with van der Waals surface area (Å²) < 4.78 is 45.2. The van der Waals surface area contributed by atoms with Crippen molar-refractivity contribution >= 4 is 39.1 Å². The maximum absolute atomic E-state index is 13.7. The van der Waals surface area contributed by atoms with Gasteiger partial charge in [0.05, 0.1) is 19.1 Å². The first-order valence-electron chi connectivity index (χ1n) is 11.3. The smallest absolute Gasteiger partial charge is 0.244 e. The number of sulfonamides is 1. The van der Waals surface area contributed by atoms with Crippen LogP contribution < -0.4 is 14.4 Å². The van der Waals surface area contributed by atoms with Gasteiger partial charge in [-0.2, -0.15) is 0 Å². The van der Waals surface area contributed by atoms with Crippen LogP contribution in [0.4, 0.5) is 10.1 Å². The normalized spacial score (nSPS) is 12.6. The highest BCUT2D eigenvalue weighted by atomic mass is 35.5. The number of carbonyl (C=O) groups excluding carboxylic acids is 2. The molecule has 0 unspecified atom stereocenters. The van der Waals surface area contributed by atoms with E-state index in [1.807, 2.05) is 20.8 Å². The van der Waals surface area contributed by atoms with Crippen molar-refractivity contribution < 1.29 is 27.1 Å². The van der Waals surface area contributed by atoms with E-state index >= 15 is 0 Å². The molecule has 0 fully saturated rings. The summed E-state index contributed by atoms with van der Waals surface area (Å²) in [7, 11) is -2.58. The lowest BCUT2D eigenvalue weighted by Crippen LogP contribution is -2.55. The summed E-state index contributed by atoms with van der Waals surface area (Å²) >= 11 is 6.11. The fourth-order valence-corrected chi connectivity index (χ4v) is 4.62. The Balaban J connectivity index is 2.52. The maximum Gasteiger partial charge on any atom is 0.244 e. The van der Waals surface area contributed by atoms with E-state index in [1.165, 1.54) is 54.5 Å². The summed E-state index contributed by atoms with van der Waals surface area (Å²) in [4.78, 5) is 28.1. The minimum Gasteiger partial charge on any atom is -0.495 e. The second kappa shape index (κ2) is 11.9. The molecule has 36 heavy (non-hydrogen) atoms. The van der Waals surface area contributed by atoms with Gasteiger partial charge in [0.2, 0.25) is 21.8 Å². The number of carbonyl (C=O) groups is 2. The average molecular weight is 542 g/mol. The monoisotopic (exact) mass is 541 g/mol. The minimum absolute atomic E-state index is 0.0283. The molecule has 0 aliphatic heterocycles. The third-order valence-corrected chi connectivity index (χ3v) is 6.60. The Hall–Kier alpha value is -2.85. The molecule has 0 radical (unpaired) electrons. The molecule has 198 valence electrons. The average Bonchev–Trinajstić information content (AvgIpc) is 2.76. The van der Waals surface area contributed by atoms with Gasteiger partial charge >= 0.3 is 0 Å². The molecule has 0 bridgehead atoms. The summed E-state index contributed by atoms with van der Waals surface area (Å²) in [6, 6.07) is 9.07. The Labute approximate surface area is 217 Å². The lowest BCUT2D eigenvalue weighted by molar-refractivity contribution is -0.141. The Kier molecular flexibility index (Phi) is 9.73. The van der Waals surface area contributed by atoms with Crippen LogP contribution in [0.2, 0.25) is 5.02 Å². The van der Waals surface area contributed by atoms with Crippen molar-refractivity contribution in [3.8, 4) is 5.75 Å². The minimum atomic E-state index is -3.96. The number of hydrogen-bond donors (Lipinski definition) is 1. The summed E-state index contributed by atoms with van der Waals surface area (Å²) in [6.45, 7) is 6.59. The standard InChI is InChI=1S/C25H33ClFN3O5S/c1-7-20(24(32)28-25(2,3)4)29(15-17-8-11-19(27)12-9-17)23(31)16-30(36(6,33)34)21-14-18(26)10-13-22(21)35-5/h8-14,20H,7,15-16H2,1-6H3,(H,28,32)/t20-/m1/s1. The van der Waals surface area contributed by atoms with Crippen molar-refractivity contribution in [2.24, 2.45) is 0 Å². The third-order valence-electron chi connectivity index (χ3n) is 5.24. The van der Waals surface area contributed by atoms with Gasteiger partial charge in [0.15, 0.2) is 0 Å². The highest BCUT2D eigenvalue weighted by molar-refractivity contribution is 7.92. The van der Waals surface area contributed by atoms with Gasteiger partial charge in [-0.05, 0) is 63.1 Å². The number of anilines is 1. The van der Waals surface area contributed by atoms with Gasteiger partial charge in [-0.15, -0.1) is 0 Å². The molecule has 0 spiro atoms. The second-order valence-corrected chi connectivity index (χ2v) is 11.7. The van der Waals surface area contributed by atoms with Crippen LogP contribution >= 0.6 is 11.6 Å². The van der Waals surface area contributed by atoms with Crippen molar-refractivity contribution in [1.82, 2.24) is 10.2 Å². The van der Waals surface area contributed by atoms with E-state index in [0.717, 1.165) is 10.6 Å². The summed E-state index contributed by atoms with van der Waals surface area (Å²) in [5, 5.41) is 3.13. The Bertz CT molecular complexity index is 1180. The molecule has 0 saturated carbocycles. The molecule has 0 heterocycles. The van der Waals surface area contributed by atoms with Gasteiger partial charge in [0.25, 0.3) is 0 Å². The molecular weight excluding hydrogens is 509 g/mol. The fourth-order valence-electron chi connectivity index (χ4n) is 3.61. The van der Waals surface area contributed by atoms with Crippen molar-refractivity contribution in [3.63, 3.8) is 0 Å². The zero-order valence-electron chi connectivity index (χ0n) is 21.3. The Morgan fingerprint density at radius 1 is 1.14 bits per heavy atom. The highest BCUT2D eigenvalue weighted by Crippen LogP contribution is 2.33. The van der Waals surface area contributed by atoms with Gasteiger partial charge in [-0.25, -0.2) is 12.8 Å². The van der Waals surface area contributed by atoms with E-state index in [4.69, 9.17) is 16.3 Å². The van der Waals surface area contributed by atoms with Crippen LogP contribution in [0.25, 0.3) is 0 Å². The fraction of sp³-hybridized carbons (Fsp3) is 0.440. The van der Waals surface area contributed by atoms with Gasteiger partial charge in [-0.1, -0.05) is 30.7 Å². The predicted octanol–water partition coefficient (Wildman–Crippen LogP) is 3.98. The largest absolute Gasteiger partial charge is 0.495 e. The van der Waals surface area contributed by atoms with E-state index in [2.05, 4.69) is 5.32 Å². The zero-order chi connectivity index (χ0) is 27.3. The number of rotatable bonds is 10. The number of ether oxygens (including phenoxy) is 1. The third kappa shape index (κ3) is 8.09. The summed E-state index contributed by atoms with van der Waals surface area (Å²) in [5.74, 6) is -1.24. The molecule has 2 aromatic rings. The van der Waals surface area contributed by atoms with E-state index in [-0.39, 0.29) is 35.3 Å². The predicted molar refractivity (Wildman–Crippen MR) is 139 cm³/mol. The second-order valence-electron chi connectivity index (χ2n) is 9.40. The lowest BCUT2D eigenvalue weighted by atomic mass is 10.1. The molecule has 8 nitrogen and oxygen atoms in total. The number of nitrogens with one attached hydrogen (secondary N) is 1. The quantitative estimate of drug-likeness (QED) is 0.491. The van der Waals surface area contributed by atoms with Crippen LogP contribution in [0.3, 0.4) is 0 Å². The van der Waals surface area contributed by atoms with Crippen molar-refractivity contribution in [2.45, 2.75) is 52.2 Å². The van der Waals surface area contributed by atoms with E-state index < -0.39 is 39.9 Å². The van der Waals surface area contributed by atoms with Gasteiger partial charge in [-0.3, -0.25) is 13.9 Å². The molecule has 0 aliphatic rings. The maximum atomic E-state index is 13.7. The molecule has 2 aromatic carbocycles. The molecule has 0 aromatic heterocycles. The van der Waals surface area contributed by atoms with Crippen LogP contribution in [0, 0.1) is 5.82 Å². The lowest BCUT2D eigenvalue weighted by Gasteiger charge is -2.34. The first-order valence-corrected chi connectivity index (χ1v) is 13.6. The molecule has 2 rings (SSSR count). The first kappa shape index (κ1) is 29.4. The molecule has 0 saturated heterocycles. The first-order chi connectivity index (χ1) is 16.7. The number of amides is 2. The van der Waals surface area contributed by atoms with E-state index in [0.29, 0.717) is 5.56 Å². The van der Waals surface area contributed by atoms with Gasteiger partial charge in [0.1, 0.15) is 24.2 Å².